The highest BCUT2D eigenvalue weighted by atomic mass is 127. The smallest absolute Gasteiger partial charge is 0.407 e. The first-order valence-electron chi connectivity index (χ1n) is 4.22. The Morgan fingerprint density at radius 1 is 1.50 bits per heavy atom. The fraction of sp³-hybridized carbons (Fsp3) is 0.875. The van der Waals surface area contributed by atoms with E-state index in [0.717, 1.165) is 6.42 Å². The molecule has 12 heavy (non-hydrogen) atoms. The number of alkyl carbamates (subject to hydrolysis) is 1. The van der Waals surface area contributed by atoms with E-state index in [1.165, 1.54) is 26.4 Å². The fourth-order valence-electron chi connectivity index (χ4n) is 1.46. The summed E-state index contributed by atoms with van der Waals surface area (Å²) < 4.78 is 5.11. The molecule has 0 aliphatic heterocycles. The number of rotatable bonds is 1. The number of alkyl halides is 1. The molecular formula is C8H14INO2. The summed E-state index contributed by atoms with van der Waals surface area (Å²) in [7, 11) is 1.40. The Bertz CT molecular complexity index is 163. The van der Waals surface area contributed by atoms with Gasteiger partial charge < -0.3 is 10.1 Å². The number of hydrogen-bond donors (Lipinski definition) is 1. The number of carbonyl (C=O) groups excluding carboxylic acids is 1. The molecule has 0 heterocycles. The molecule has 1 aliphatic carbocycles. The first kappa shape index (κ1) is 10.1. The molecular weight excluding hydrogens is 269 g/mol. The van der Waals surface area contributed by atoms with E-state index in [1.807, 2.05) is 0 Å². The lowest BCUT2D eigenvalue weighted by Gasteiger charge is -2.27. The highest BCUT2D eigenvalue weighted by Gasteiger charge is 2.23. The van der Waals surface area contributed by atoms with E-state index < -0.39 is 0 Å². The van der Waals surface area contributed by atoms with E-state index in [2.05, 4.69) is 32.6 Å². The van der Waals surface area contributed by atoms with Gasteiger partial charge in [0, 0.05) is 9.97 Å². The van der Waals surface area contributed by atoms with Gasteiger partial charge in [0.05, 0.1) is 7.11 Å². The summed E-state index contributed by atoms with van der Waals surface area (Å²) in [4.78, 5) is 10.9. The molecule has 1 N–H and O–H groups in total. The van der Waals surface area contributed by atoms with Crippen LogP contribution in [0.2, 0.25) is 0 Å². The minimum absolute atomic E-state index is 0.302. The zero-order valence-electron chi connectivity index (χ0n) is 7.18. The van der Waals surface area contributed by atoms with Crippen molar-refractivity contribution in [2.75, 3.05) is 7.11 Å². The minimum atomic E-state index is -0.302. The summed E-state index contributed by atoms with van der Waals surface area (Å²) in [6.45, 7) is 0. The van der Waals surface area contributed by atoms with Gasteiger partial charge in [-0.1, -0.05) is 35.4 Å². The van der Waals surface area contributed by atoms with E-state index in [0.29, 0.717) is 9.97 Å². The van der Waals surface area contributed by atoms with Gasteiger partial charge in [0.2, 0.25) is 0 Å². The van der Waals surface area contributed by atoms with E-state index in [9.17, 15) is 4.79 Å². The molecule has 0 bridgehead atoms. The molecule has 0 saturated heterocycles. The molecule has 1 fully saturated rings. The number of halogens is 1. The Morgan fingerprint density at radius 2 is 2.17 bits per heavy atom. The standard InChI is InChI=1S/C8H14INO2/c1-12-8(11)10-7-5-3-2-4-6(7)9/h6-7H,2-5H2,1H3,(H,10,11)/t6-,7+/m0/s1. The SMILES string of the molecule is COC(=O)N[C@@H]1CCCC[C@@H]1I. The van der Waals surface area contributed by atoms with Crippen molar-refractivity contribution in [2.24, 2.45) is 0 Å². The largest absolute Gasteiger partial charge is 0.453 e. The second-order valence-electron chi connectivity index (χ2n) is 3.04. The molecule has 1 rings (SSSR count). The number of amides is 1. The van der Waals surface area contributed by atoms with Crippen LogP contribution in [0.3, 0.4) is 0 Å². The molecule has 0 aromatic rings. The molecule has 1 aliphatic rings. The maximum absolute atomic E-state index is 10.9. The number of hydrogen-bond acceptors (Lipinski definition) is 2. The quantitative estimate of drug-likeness (QED) is 0.591. The maximum Gasteiger partial charge on any atom is 0.407 e. The van der Waals surface area contributed by atoms with Crippen molar-refractivity contribution in [3.8, 4) is 0 Å². The Kier molecular flexibility index (Phi) is 4.11. The van der Waals surface area contributed by atoms with Crippen LogP contribution in [0.1, 0.15) is 25.7 Å². The topological polar surface area (TPSA) is 38.3 Å². The maximum atomic E-state index is 10.9. The van der Waals surface area contributed by atoms with Gasteiger partial charge in [0.25, 0.3) is 0 Å². The lowest BCUT2D eigenvalue weighted by atomic mass is 9.96. The van der Waals surface area contributed by atoms with Gasteiger partial charge in [-0.15, -0.1) is 0 Å². The number of nitrogens with one attached hydrogen (secondary N) is 1. The third-order valence-electron chi connectivity index (χ3n) is 2.17. The van der Waals surface area contributed by atoms with Gasteiger partial charge in [-0.05, 0) is 12.8 Å². The predicted octanol–water partition coefficient (Wildman–Crippen LogP) is 2.09. The number of carbonyl (C=O) groups is 1. The van der Waals surface area contributed by atoms with Gasteiger partial charge in [0.1, 0.15) is 0 Å². The molecule has 70 valence electrons. The van der Waals surface area contributed by atoms with Crippen molar-refractivity contribution >= 4 is 28.7 Å². The third kappa shape index (κ3) is 2.80. The fourth-order valence-corrected chi connectivity index (χ4v) is 2.44. The van der Waals surface area contributed by atoms with Crippen molar-refractivity contribution in [2.45, 2.75) is 35.6 Å². The molecule has 1 saturated carbocycles. The van der Waals surface area contributed by atoms with Crippen molar-refractivity contribution < 1.29 is 9.53 Å². The second-order valence-corrected chi connectivity index (χ2v) is 4.64. The van der Waals surface area contributed by atoms with Gasteiger partial charge in [-0.25, -0.2) is 4.79 Å². The molecule has 0 aromatic heterocycles. The minimum Gasteiger partial charge on any atom is -0.453 e. The van der Waals surface area contributed by atoms with Gasteiger partial charge in [-0.3, -0.25) is 0 Å². The lowest BCUT2D eigenvalue weighted by Crippen LogP contribution is -2.42. The van der Waals surface area contributed by atoms with E-state index in [1.54, 1.807) is 0 Å². The first-order chi connectivity index (χ1) is 5.74. The average Bonchev–Trinajstić information content (AvgIpc) is 2.09. The van der Waals surface area contributed by atoms with Crippen molar-refractivity contribution in [3.63, 3.8) is 0 Å². The molecule has 0 spiro atoms. The Labute approximate surface area is 86.4 Å². The van der Waals surface area contributed by atoms with E-state index >= 15 is 0 Å². The van der Waals surface area contributed by atoms with Crippen LogP contribution in [0.4, 0.5) is 4.79 Å². The Balaban J connectivity index is 2.33. The second kappa shape index (κ2) is 4.89. The number of ether oxygens (including phenoxy) is 1. The van der Waals surface area contributed by atoms with Crippen LogP contribution in [-0.4, -0.2) is 23.2 Å². The molecule has 0 aromatic carbocycles. The van der Waals surface area contributed by atoms with Gasteiger partial charge in [0.15, 0.2) is 0 Å². The average molecular weight is 283 g/mol. The van der Waals surface area contributed by atoms with Crippen molar-refractivity contribution in [1.29, 1.82) is 0 Å². The predicted molar refractivity (Wildman–Crippen MR) is 55.6 cm³/mol. The summed E-state index contributed by atoms with van der Waals surface area (Å²) in [6, 6.07) is 0.312. The molecule has 0 unspecified atom stereocenters. The van der Waals surface area contributed by atoms with Crippen LogP contribution in [0.5, 0.6) is 0 Å². The highest BCUT2D eigenvalue weighted by Crippen LogP contribution is 2.24. The summed E-state index contributed by atoms with van der Waals surface area (Å²) in [5.74, 6) is 0. The zero-order valence-corrected chi connectivity index (χ0v) is 9.34. The van der Waals surface area contributed by atoms with Gasteiger partial charge in [-0.2, -0.15) is 0 Å². The molecule has 3 nitrogen and oxygen atoms in total. The zero-order chi connectivity index (χ0) is 8.97. The molecule has 1 amide bonds. The van der Waals surface area contributed by atoms with Crippen LogP contribution >= 0.6 is 22.6 Å². The monoisotopic (exact) mass is 283 g/mol. The highest BCUT2D eigenvalue weighted by molar-refractivity contribution is 14.1. The summed E-state index contributed by atoms with van der Waals surface area (Å²) in [5, 5.41) is 2.85. The molecule has 4 heteroatoms. The van der Waals surface area contributed by atoms with Crippen LogP contribution in [-0.2, 0) is 4.74 Å². The van der Waals surface area contributed by atoms with Crippen LogP contribution in [0.25, 0.3) is 0 Å². The lowest BCUT2D eigenvalue weighted by molar-refractivity contribution is 0.164. The Hall–Kier alpha value is 0. The van der Waals surface area contributed by atoms with Gasteiger partial charge >= 0.3 is 6.09 Å². The van der Waals surface area contributed by atoms with E-state index in [4.69, 9.17) is 0 Å². The Morgan fingerprint density at radius 3 is 2.75 bits per heavy atom. The van der Waals surface area contributed by atoms with E-state index in [-0.39, 0.29) is 6.09 Å². The summed E-state index contributed by atoms with van der Waals surface area (Å²) >= 11 is 2.40. The first-order valence-corrected chi connectivity index (χ1v) is 5.47. The third-order valence-corrected chi connectivity index (χ3v) is 3.66. The normalized spacial score (nSPS) is 29.5. The number of methoxy groups -OCH3 is 1. The van der Waals surface area contributed by atoms with Crippen molar-refractivity contribution in [3.05, 3.63) is 0 Å². The summed E-state index contributed by atoms with van der Waals surface area (Å²) in [6.07, 6.45) is 4.49. The molecule has 0 radical (unpaired) electrons. The molecule has 2 atom stereocenters. The van der Waals surface area contributed by atoms with Crippen molar-refractivity contribution in [1.82, 2.24) is 5.32 Å². The van der Waals surface area contributed by atoms with Crippen LogP contribution < -0.4 is 5.32 Å². The summed E-state index contributed by atoms with van der Waals surface area (Å²) in [5.41, 5.74) is 0. The van der Waals surface area contributed by atoms with Crippen LogP contribution in [0, 0.1) is 0 Å². The van der Waals surface area contributed by atoms with Crippen LogP contribution in [0.15, 0.2) is 0 Å².